The van der Waals surface area contributed by atoms with E-state index in [1.807, 2.05) is 42.2 Å². The van der Waals surface area contributed by atoms with Crippen molar-refractivity contribution in [1.29, 1.82) is 0 Å². The third-order valence-corrected chi connectivity index (χ3v) is 12.2. The van der Waals surface area contributed by atoms with Crippen molar-refractivity contribution in [2.75, 3.05) is 57.8 Å². The number of piperidine rings is 2. The zero-order valence-electron chi connectivity index (χ0n) is 34.9. The van der Waals surface area contributed by atoms with Crippen LogP contribution in [0.25, 0.3) is 11.1 Å². The van der Waals surface area contributed by atoms with Crippen LogP contribution in [0.1, 0.15) is 69.1 Å². The monoisotopic (exact) mass is 832 g/mol. The van der Waals surface area contributed by atoms with Gasteiger partial charge in [0.05, 0.1) is 5.52 Å². The fourth-order valence-corrected chi connectivity index (χ4v) is 9.16. The fourth-order valence-electron chi connectivity index (χ4n) is 9.16. The molecule has 3 aromatic rings. The van der Waals surface area contributed by atoms with Crippen LogP contribution in [-0.4, -0.2) is 137 Å². The number of aryl methyl sites for hydroxylation is 2. The van der Waals surface area contributed by atoms with Gasteiger partial charge in [-0.05, 0) is 94.2 Å². The molecule has 5 heterocycles. The average Bonchev–Trinajstić information content (AvgIpc) is 3.79. The Morgan fingerprint density at radius 2 is 1.60 bits per heavy atom. The number of rotatable bonds is 12. The van der Waals surface area contributed by atoms with Crippen molar-refractivity contribution in [3.8, 4) is 0 Å². The molecule has 324 valence electrons. The Labute approximate surface area is 348 Å². The molecule has 0 bridgehead atoms. The number of hydrogen-bond donors (Lipinski definition) is 1. The molecule has 7 rings (SSSR count). The number of benzene rings is 2. The van der Waals surface area contributed by atoms with Gasteiger partial charge in [0.2, 0.25) is 6.29 Å². The zero-order valence-corrected chi connectivity index (χ0v) is 34.9. The third-order valence-electron chi connectivity index (χ3n) is 12.2. The maximum Gasteiger partial charge on any atom is 0.419 e. The molecule has 17 heteroatoms. The molecule has 1 N–H and O–H groups in total. The van der Waals surface area contributed by atoms with E-state index in [4.69, 9.17) is 23.4 Å². The topological polar surface area (TPSA) is 182 Å². The van der Waals surface area contributed by atoms with Crippen LogP contribution in [0.15, 0.2) is 45.6 Å². The van der Waals surface area contributed by atoms with Crippen molar-refractivity contribution in [3.05, 3.63) is 63.6 Å². The van der Waals surface area contributed by atoms with Crippen LogP contribution in [0, 0.1) is 6.92 Å². The molecule has 3 saturated heterocycles. The summed E-state index contributed by atoms with van der Waals surface area (Å²) in [6.07, 6.45) is 1.72. The molecule has 0 aliphatic carbocycles. The van der Waals surface area contributed by atoms with Crippen molar-refractivity contribution >= 4 is 46.8 Å². The number of amides is 4. The minimum Gasteiger partial charge on any atom is -0.436 e. The summed E-state index contributed by atoms with van der Waals surface area (Å²) in [5.74, 6) is -1.90. The highest BCUT2D eigenvalue weighted by molar-refractivity contribution is 5.91. The summed E-state index contributed by atoms with van der Waals surface area (Å²) in [5.41, 5.74) is 4.40. The lowest BCUT2D eigenvalue weighted by Crippen LogP contribution is -2.53. The summed E-state index contributed by atoms with van der Waals surface area (Å²) in [7, 11) is 1.63. The lowest BCUT2D eigenvalue weighted by atomic mass is 9.99. The Hall–Kier alpha value is -5.42. The van der Waals surface area contributed by atoms with Crippen LogP contribution in [0.3, 0.4) is 0 Å². The van der Waals surface area contributed by atoms with Crippen LogP contribution >= 0.6 is 0 Å². The number of carbonyl (C=O) groups excluding carboxylic acids is 5. The Morgan fingerprint density at radius 1 is 0.883 bits per heavy atom. The third kappa shape index (κ3) is 9.62. The first-order valence-corrected chi connectivity index (χ1v) is 21.1. The summed E-state index contributed by atoms with van der Waals surface area (Å²) >= 11 is 0. The molecule has 2 aromatic carbocycles. The number of anilines is 1. The highest BCUT2D eigenvalue weighted by Crippen LogP contribution is 2.29. The average molecular weight is 833 g/mol. The van der Waals surface area contributed by atoms with Gasteiger partial charge in [-0.3, -0.25) is 19.1 Å². The van der Waals surface area contributed by atoms with Gasteiger partial charge in [0.1, 0.15) is 12.6 Å². The van der Waals surface area contributed by atoms with Crippen LogP contribution in [-0.2, 0) is 53.2 Å². The molecule has 4 amide bonds. The van der Waals surface area contributed by atoms with Crippen LogP contribution in [0.5, 0.6) is 0 Å². The first kappa shape index (κ1) is 42.7. The first-order chi connectivity index (χ1) is 28.9. The normalized spacial score (nSPS) is 20.3. The minimum atomic E-state index is -1.16. The number of fused-ring (bicyclic) bond motifs is 2. The highest BCUT2D eigenvalue weighted by atomic mass is 16.7. The number of hydrogen-bond acceptors (Lipinski definition) is 12. The maximum absolute atomic E-state index is 14.4. The number of ether oxygens (including phenoxy) is 4. The molecule has 4 aliphatic rings. The van der Waals surface area contributed by atoms with Gasteiger partial charge in [0.25, 0.3) is 5.91 Å². The second-order valence-corrected chi connectivity index (χ2v) is 16.1. The van der Waals surface area contributed by atoms with E-state index in [1.54, 1.807) is 29.8 Å². The van der Waals surface area contributed by atoms with Crippen molar-refractivity contribution in [1.82, 2.24) is 24.2 Å². The molecule has 0 saturated carbocycles. The van der Waals surface area contributed by atoms with Crippen molar-refractivity contribution in [2.45, 2.75) is 103 Å². The number of carbonyl (C=O) groups is 5. The number of nitrogens with zero attached hydrogens (tertiary/aromatic N) is 5. The van der Waals surface area contributed by atoms with E-state index in [-0.39, 0.29) is 37.0 Å². The van der Waals surface area contributed by atoms with Crippen molar-refractivity contribution in [2.24, 2.45) is 7.05 Å². The largest absolute Gasteiger partial charge is 0.436 e. The summed E-state index contributed by atoms with van der Waals surface area (Å²) in [4.78, 5) is 86.3. The molecule has 3 fully saturated rings. The van der Waals surface area contributed by atoms with Crippen molar-refractivity contribution in [3.63, 3.8) is 0 Å². The van der Waals surface area contributed by atoms with E-state index in [1.165, 1.54) is 11.5 Å². The first-order valence-electron chi connectivity index (χ1n) is 21.1. The van der Waals surface area contributed by atoms with Gasteiger partial charge >= 0.3 is 29.8 Å². The Bertz CT molecular complexity index is 2120. The molecule has 60 heavy (non-hydrogen) atoms. The van der Waals surface area contributed by atoms with Crippen LogP contribution < -0.4 is 11.1 Å². The van der Waals surface area contributed by atoms with Gasteiger partial charge in [-0.2, -0.15) is 0 Å². The standard InChI is InChI=1S/C43H56N6O11/c1-5-56-26-37(50)57-28(3)58-40(52)34-11-8-17-48(34)31-13-18-46(19-14-31)39(51)36(25-29-23-27(2)38-35(24-29)59-42(54)45(38)4)60-43(55)47-20-15-32(16-21-47)49-22-12-30-9-6-7-10-33(30)44-41(49)53/h6-7,9-10,23-24,28,31-32,34,36H,5,8,11-22,25-26H2,1-4H3,(H,44,53)/t28?,34-,36-/m1/s1. The predicted octanol–water partition coefficient (Wildman–Crippen LogP) is 3.97. The van der Waals surface area contributed by atoms with Gasteiger partial charge in [0, 0.05) is 77.5 Å². The Kier molecular flexibility index (Phi) is 13.4. The van der Waals surface area contributed by atoms with E-state index in [0.717, 1.165) is 29.7 Å². The van der Waals surface area contributed by atoms with Gasteiger partial charge in [-0.25, -0.2) is 19.2 Å². The molecule has 1 aromatic heterocycles. The molecular weight excluding hydrogens is 777 g/mol. The van der Waals surface area contributed by atoms with Crippen LogP contribution in [0.4, 0.5) is 15.3 Å². The molecule has 0 radical (unpaired) electrons. The number of nitrogens with one attached hydrogen (secondary N) is 1. The number of para-hydroxylation sites is 1. The summed E-state index contributed by atoms with van der Waals surface area (Å²) in [6, 6.07) is 10.7. The number of likely N-dealkylation sites (tertiary alicyclic amines) is 3. The predicted molar refractivity (Wildman–Crippen MR) is 218 cm³/mol. The lowest BCUT2D eigenvalue weighted by Gasteiger charge is -2.40. The fraction of sp³-hybridized carbons (Fsp3) is 0.581. The Balaban J connectivity index is 0.988. The highest BCUT2D eigenvalue weighted by Gasteiger charge is 2.41. The Morgan fingerprint density at radius 3 is 2.35 bits per heavy atom. The van der Waals surface area contributed by atoms with E-state index >= 15 is 0 Å². The van der Waals surface area contributed by atoms with E-state index in [9.17, 15) is 28.8 Å². The molecule has 17 nitrogen and oxygen atoms in total. The summed E-state index contributed by atoms with van der Waals surface area (Å²) < 4.78 is 28.8. The SMILES string of the molecule is CCOCC(=O)OC(C)OC(=O)[C@H]1CCCN1C1CCN(C(=O)[C@@H](Cc2cc(C)c3c(c2)oc(=O)n3C)OC(=O)N2CCC(N3CCc4ccccc4NC3=O)CC2)CC1. The van der Waals surface area contributed by atoms with Gasteiger partial charge in [-0.1, -0.05) is 24.3 Å². The minimum absolute atomic E-state index is 0.0127. The second kappa shape index (κ2) is 18.9. The maximum atomic E-state index is 14.4. The number of urea groups is 1. The second-order valence-electron chi connectivity index (χ2n) is 16.1. The summed E-state index contributed by atoms with van der Waals surface area (Å²) in [6.45, 7) is 8.04. The van der Waals surface area contributed by atoms with E-state index in [2.05, 4.69) is 10.2 Å². The summed E-state index contributed by atoms with van der Waals surface area (Å²) in [5, 5.41) is 3.03. The quantitative estimate of drug-likeness (QED) is 0.205. The smallest absolute Gasteiger partial charge is 0.419 e. The van der Waals surface area contributed by atoms with E-state index in [0.29, 0.717) is 94.6 Å². The number of oxazole rings is 1. The van der Waals surface area contributed by atoms with Crippen LogP contribution in [0.2, 0.25) is 0 Å². The number of aromatic nitrogens is 1. The lowest BCUT2D eigenvalue weighted by molar-refractivity contribution is -0.190. The van der Waals surface area contributed by atoms with E-state index < -0.39 is 42.2 Å². The molecule has 3 atom stereocenters. The molecule has 4 aliphatic heterocycles. The van der Waals surface area contributed by atoms with Gasteiger partial charge < -0.3 is 43.4 Å². The molecule has 0 spiro atoms. The van der Waals surface area contributed by atoms with Crippen molar-refractivity contribution < 1.29 is 47.3 Å². The number of esters is 2. The molecular formula is C43H56N6O11. The molecule has 1 unspecified atom stereocenters. The zero-order chi connectivity index (χ0) is 42.5. The van der Waals surface area contributed by atoms with Gasteiger partial charge in [-0.15, -0.1) is 0 Å². The van der Waals surface area contributed by atoms with Gasteiger partial charge in [0.15, 0.2) is 11.7 Å².